The van der Waals surface area contributed by atoms with Gasteiger partial charge in [-0.2, -0.15) is 4.57 Å². The van der Waals surface area contributed by atoms with Gasteiger partial charge in [0.2, 0.25) is 5.52 Å². The van der Waals surface area contributed by atoms with Gasteiger partial charge < -0.3 is 18.7 Å². The molecule has 15 heteroatoms. The van der Waals surface area contributed by atoms with Crippen LogP contribution in [0.15, 0.2) is 40.3 Å². The fourth-order valence-corrected chi connectivity index (χ4v) is 7.62. The molecule has 0 saturated heterocycles. The number of aromatic nitrogens is 1. The van der Waals surface area contributed by atoms with Gasteiger partial charge in [-0.25, -0.2) is 16.8 Å². The molecule has 0 fully saturated rings. The number of fused-ring (bicyclic) bond motifs is 2. The molecule has 4 rings (SSSR count). The summed E-state index contributed by atoms with van der Waals surface area (Å²) < 4.78 is 75.6. The van der Waals surface area contributed by atoms with Crippen LogP contribution in [0.4, 0.5) is 5.69 Å². The molecular weight excluding hydrogens is 619 g/mol. The van der Waals surface area contributed by atoms with Crippen molar-refractivity contribution in [2.75, 3.05) is 30.1 Å². The van der Waals surface area contributed by atoms with Crippen LogP contribution in [0, 0.1) is 6.92 Å². The van der Waals surface area contributed by atoms with Crippen LogP contribution in [0.25, 0.3) is 16.3 Å². The van der Waals surface area contributed by atoms with Crippen LogP contribution in [-0.2, 0) is 26.8 Å². The first-order valence-corrected chi connectivity index (χ1v) is 16.4. The number of methoxy groups -OCH3 is 1. The summed E-state index contributed by atoms with van der Waals surface area (Å²) in [6.07, 6.45) is 2.23. The Hall–Kier alpha value is -0.234. The van der Waals surface area contributed by atoms with Crippen molar-refractivity contribution in [1.82, 2.24) is 0 Å². The van der Waals surface area contributed by atoms with E-state index in [2.05, 4.69) is 0 Å². The topological polar surface area (TPSA) is 131 Å². The number of hydrogen-bond donors (Lipinski definition) is 0. The molecule has 0 atom stereocenters. The molecule has 0 unspecified atom stereocenters. The molecule has 0 saturated carbocycles. The molecule has 0 N–H and O–H groups in total. The predicted molar refractivity (Wildman–Crippen MR) is 144 cm³/mol. The van der Waals surface area contributed by atoms with Gasteiger partial charge in [-0.05, 0) is 43.2 Å². The Morgan fingerprint density at radius 1 is 1.08 bits per heavy atom. The van der Waals surface area contributed by atoms with Crippen LogP contribution >= 0.6 is 34.7 Å². The summed E-state index contributed by atoms with van der Waals surface area (Å²) in [7, 11) is -7.13. The minimum Gasteiger partial charge on any atom is -0.748 e. The number of aryl methyl sites for hydroxylation is 2. The van der Waals surface area contributed by atoms with Gasteiger partial charge in [0.15, 0.2) is 6.54 Å². The molecule has 2 aromatic carbocycles. The molecule has 0 aliphatic carbocycles. The van der Waals surface area contributed by atoms with Gasteiger partial charge in [0, 0.05) is 34.4 Å². The molecule has 1 aliphatic heterocycles. The van der Waals surface area contributed by atoms with Crippen molar-refractivity contribution in [3.63, 3.8) is 0 Å². The molecule has 9 nitrogen and oxygen atoms in total. The van der Waals surface area contributed by atoms with Crippen LogP contribution in [0.5, 0.6) is 5.75 Å². The molecule has 1 aliphatic rings. The Morgan fingerprint density at radius 3 is 2.42 bits per heavy atom. The van der Waals surface area contributed by atoms with E-state index in [1.165, 1.54) is 23.1 Å². The third-order valence-corrected chi connectivity index (χ3v) is 9.76. The van der Waals surface area contributed by atoms with Crippen molar-refractivity contribution in [3.8, 4) is 5.75 Å². The van der Waals surface area contributed by atoms with Crippen molar-refractivity contribution in [2.24, 2.45) is 0 Å². The average molecular weight is 643 g/mol. The second-order valence-electron chi connectivity index (χ2n) is 8.46. The molecule has 1 aromatic heterocycles. The van der Waals surface area contributed by atoms with Gasteiger partial charge in [-0.1, -0.05) is 34.7 Å². The van der Waals surface area contributed by atoms with Gasteiger partial charge in [0.1, 0.15) is 10.4 Å². The number of halogens is 1. The van der Waals surface area contributed by atoms with Crippen molar-refractivity contribution in [2.45, 2.75) is 31.2 Å². The maximum absolute atomic E-state index is 11.2. The second kappa shape index (κ2) is 13.2. The molecule has 3 aromatic rings. The number of thioether (sulfide) groups is 1. The van der Waals surface area contributed by atoms with Crippen LogP contribution in [0.2, 0.25) is 5.02 Å². The van der Waals surface area contributed by atoms with Gasteiger partial charge in [-0.15, -0.1) is 0 Å². The van der Waals surface area contributed by atoms with E-state index in [0.29, 0.717) is 23.9 Å². The van der Waals surface area contributed by atoms with E-state index >= 15 is 0 Å². The summed E-state index contributed by atoms with van der Waals surface area (Å²) in [4.78, 5) is 2.86. The summed E-state index contributed by atoms with van der Waals surface area (Å²) in [6, 6.07) is 9.33. The summed E-state index contributed by atoms with van der Waals surface area (Å²) in [5.41, 5.74) is 2.60. The van der Waals surface area contributed by atoms with E-state index in [-0.39, 0.29) is 64.2 Å². The van der Waals surface area contributed by atoms with Gasteiger partial charge in [0.25, 0.3) is 5.01 Å². The number of thiazole rings is 1. The van der Waals surface area contributed by atoms with E-state index in [4.69, 9.17) is 16.3 Å². The Kier molecular flexibility index (Phi) is 11.2. The SMILES string of the molecule is COc1cc2c(cc1C)sc(C=C1Sc3ccc(Cl)cc3N1CCCS(=O)(=O)[O-])[n+]2CCCS(=O)(=O)[O-].[K+]. The fourth-order valence-electron chi connectivity index (χ4n) is 4.10. The Bertz CT molecular complexity index is 1590. The number of ether oxygens (including phenoxy) is 1. The van der Waals surface area contributed by atoms with Crippen molar-refractivity contribution >= 4 is 76.9 Å². The molecule has 0 radical (unpaired) electrons. The molecule has 0 bridgehead atoms. The zero-order valence-electron chi connectivity index (χ0n) is 21.0. The first-order valence-electron chi connectivity index (χ1n) is 11.2. The van der Waals surface area contributed by atoms with E-state index in [1.807, 2.05) is 40.7 Å². The quantitative estimate of drug-likeness (QED) is 0.180. The van der Waals surface area contributed by atoms with Crippen LogP contribution in [-0.4, -0.2) is 51.1 Å². The first kappa shape index (κ1) is 32.3. The fraction of sp³-hybridized carbons (Fsp3) is 0.348. The maximum Gasteiger partial charge on any atom is 1.00 e. The summed E-state index contributed by atoms with van der Waals surface area (Å²) >= 11 is 9.22. The van der Waals surface area contributed by atoms with Crippen LogP contribution in [0.3, 0.4) is 0 Å². The van der Waals surface area contributed by atoms with Crippen molar-refractivity contribution < 1.29 is 86.6 Å². The number of rotatable bonds is 10. The van der Waals surface area contributed by atoms with E-state index < -0.39 is 31.7 Å². The number of anilines is 1. The standard InChI is InChI=1S/C23H25ClN2O7S4.K/c1-15-11-21-18(13-19(15)33-2)26(8-4-10-37(30,31)32)23(35-21)14-22-25(7-3-9-36(27,28)29)17-12-16(24)5-6-20(17)34-22;/h5-6,11-14H,3-4,7-10H2,1-2H3,(H-,27,28,29,30,31,32);/q;+1/p-1. The molecule has 200 valence electrons. The summed E-state index contributed by atoms with van der Waals surface area (Å²) in [5.74, 6) is -0.277. The first-order chi connectivity index (χ1) is 17.3. The van der Waals surface area contributed by atoms with Crippen molar-refractivity contribution in [3.05, 3.63) is 51.0 Å². The summed E-state index contributed by atoms with van der Waals surface area (Å²) in [5, 5.41) is 2.15. The van der Waals surface area contributed by atoms with Gasteiger partial charge >= 0.3 is 51.4 Å². The number of nitrogens with zero attached hydrogens (tertiary/aromatic N) is 2. The average Bonchev–Trinajstić information content (AvgIpc) is 3.28. The minimum atomic E-state index is -4.36. The maximum atomic E-state index is 11.2. The molecular formula is C23H24ClKN2O7S4. The van der Waals surface area contributed by atoms with Gasteiger partial charge in [-0.3, -0.25) is 0 Å². The minimum absolute atomic E-state index is 0. The van der Waals surface area contributed by atoms with Crippen LogP contribution in [0.1, 0.15) is 23.4 Å². The molecule has 38 heavy (non-hydrogen) atoms. The van der Waals surface area contributed by atoms with Crippen LogP contribution < -0.4 is 65.6 Å². The largest absolute Gasteiger partial charge is 1.00 e. The normalized spacial score (nSPS) is 14.7. The Morgan fingerprint density at radius 2 is 1.76 bits per heavy atom. The van der Waals surface area contributed by atoms with Crippen molar-refractivity contribution in [1.29, 1.82) is 0 Å². The summed E-state index contributed by atoms with van der Waals surface area (Å²) in [6.45, 7) is 2.52. The third kappa shape index (κ3) is 8.16. The molecule has 0 amide bonds. The Balaban J connectivity index is 0.00000400. The Labute approximate surface area is 278 Å². The monoisotopic (exact) mass is 642 g/mol. The van der Waals surface area contributed by atoms with E-state index in [9.17, 15) is 25.9 Å². The zero-order valence-corrected chi connectivity index (χ0v) is 28.1. The zero-order chi connectivity index (χ0) is 27.0. The second-order valence-corrected chi connectivity index (χ2v) is 14.1. The number of hydrogen-bond acceptors (Lipinski definition) is 10. The van der Waals surface area contributed by atoms with E-state index in [1.54, 1.807) is 19.2 Å². The smallest absolute Gasteiger partial charge is 0.748 e. The predicted octanol–water partition coefficient (Wildman–Crippen LogP) is 0.945. The number of benzene rings is 2. The van der Waals surface area contributed by atoms with E-state index in [0.717, 1.165) is 36.4 Å². The van der Waals surface area contributed by atoms with Gasteiger partial charge in [0.05, 0.1) is 50.2 Å². The molecule has 0 spiro atoms. The third-order valence-electron chi connectivity index (χ3n) is 5.74. The molecule has 2 heterocycles.